The fourth-order valence-electron chi connectivity index (χ4n) is 1.31. The third kappa shape index (κ3) is 1.90. The summed E-state index contributed by atoms with van der Waals surface area (Å²) in [6.07, 6.45) is -1.54. The van der Waals surface area contributed by atoms with Crippen molar-refractivity contribution in [3.63, 3.8) is 0 Å². The molecule has 0 unspecified atom stereocenters. The summed E-state index contributed by atoms with van der Waals surface area (Å²) in [6.45, 7) is 1.62. The van der Waals surface area contributed by atoms with Crippen LogP contribution in [0.15, 0.2) is 0 Å². The molecule has 1 heterocycles. The topological polar surface area (TPSA) is 58.9 Å². The number of ether oxygens (including phenoxy) is 2. The molecule has 0 bridgehead atoms. The van der Waals surface area contributed by atoms with Crippen molar-refractivity contribution >= 4 is 0 Å². The van der Waals surface area contributed by atoms with Gasteiger partial charge in [-0.3, -0.25) is 0 Å². The highest BCUT2D eigenvalue weighted by Gasteiger charge is 2.37. The van der Waals surface area contributed by atoms with Crippen molar-refractivity contribution in [1.29, 1.82) is 0 Å². The van der Waals surface area contributed by atoms with Crippen LogP contribution in [0.4, 0.5) is 0 Å². The van der Waals surface area contributed by atoms with E-state index in [1.165, 1.54) is 0 Å². The second-order valence-corrected chi connectivity index (χ2v) is 2.81. The quantitative estimate of drug-likeness (QED) is 0.574. The van der Waals surface area contributed by atoms with E-state index in [1.54, 1.807) is 14.0 Å². The molecule has 1 aliphatic rings. The molecule has 0 radical (unpaired) electrons. The van der Waals surface area contributed by atoms with Gasteiger partial charge in [0, 0.05) is 13.5 Å². The van der Waals surface area contributed by atoms with Crippen molar-refractivity contribution in [3.05, 3.63) is 0 Å². The molecule has 0 aromatic carbocycles. The van der Waals surface area contributed by atoms with Crippen molar-refractivity contribution in [2.45, 2.75) is 37.9 Å². The van der Waals surface area contributed by atoms with Crippen LogP contribution in [0, 0.1) is 0 Å². The molecule has 0 spiro atoms. The summed E-state index contributed by atoms with van der Waals surface area (Å²) in [5, 5.41) is 18.2. The van der Waals surface area contributed by atoms with Crippen LogP contribution in [0.2, 0.25) is 0 Å². The maximum Gasteiger partial charge on any atom is 0.157 e. The summed E-state index contributed by atoms with van der Waals surface area (Å²) < 4.78 is 10.0. The Labute approximate surface area is 65.7 Å². The molecular weight excluding hydrogens is 148 g/mol. The molecule has 1 fully saturated rings. The lowest BCUT2D eigenvalue weighted by Crippen LogP contribution is -2.33. The molecular formula is C7H14O4. The van der Waals surface area contributed by atoms with E-state index in [0.717, 1.165) is 0 Å². The van der Waals surface area contributed by atoms with E-state index in [4.69, 9.17) is 19.7 Å². The van der Waals surface area contributed by atoms with Gasteiger partial charge in [-0.15, -0.1) is 0 Å². The van der Waals surface area contributed by atoms with Crippen LogP contribution in [0.5, 0.6) is 0 Å². The first-order chi connectivity index (χ1) is 5.15. The van der Waals surface area contributed by atoms with E-state index in [2.05, 4.69) is 0 Å². The Bertz CT molecular complexity index is 126. The van der Waals surface area contributed by atoms with E-state index in [9.17, 15) is 0 Å². The zero-order chi connectivity index (χ0) is 8.43. The molecule has 4 nitrogen and oxygen atoms in total. The van der Waals surface area contributed by atoms with Gasteiger partial charge < -0.3 is 19.7 Å². The average molecular weight is 162 g/mol. The van der Waals surface area contributed by atoms with Crippen molar-refractivity contribution in [3.8, 4) is 0 Å². The van der Waals surface area contributed by atoms with Crippen LogP contribution >= 0.6 is 0 Å². The molecule has 1 rings (SSSR count). The predicted octanol–water partition coefficient (Wildman–Crippen LogP) is -0.510. The van der Waals surface area contributed by atoms with Gasteiger partial charge in [0.15, 0.2) is 6.29 Å². The van der Waals surface area contributed by atoms with Crippen LogP contribution in [-0.2, 0) is 9.47 Å². The SMILES string of the molecule is CO[C@@H]1C[C@H](O)O[C@H]1[C@H](C)O. The van der Waals surface area contributed by atoms with E-state index < -0.39 is 18.5 Å². The maximum absolute atomic E-state index is 9.16. The van der Waals surface area contributed by atoms with Crippen LogP contribution < -0.4 is 0 Å². The summed E-state index contributed by atoms with van der Waals surface area (Å²) in [6, 6.07) is 0. The van der Waals surface area contributed by atoms with Gasteiger partial charge in [0.2, 0.25) is 0 Å². The second kappa shape index (κ2) is 3.49. The minimum Gasteiger partial charge on any atom is -0.391 e. The molecule has 11 heavy (non-hydrogen) atoms. The lowest BCUT2D eigenvalue weighted by molar-refractivity contribution is -0.128. The van der Waals surface area contributed by atoms with Crippen molar-refractivity contribution in [1.82, 2.24) is 0 Å². The number of aliphatic hydroxyl groups is 2. The van der Waals surface area contributed by atoms with Crippen molar-refractivity contribution in [2.24, 2.45) is 0 Å². The third-order valence-electron chi connectivity index (χ3n) is 1.89. The number of hydrogen-bond acceptors (Lipinski definition) is 4. The smallest absolute Gasteiger partial charge is 0.157 e. The highest BCUT2D eigenvalue weighted by molar-refractivity contribution is 4.82. The van der Waals surface area contributed by atoms with Crippen LogP contribution in [-0.4, -0.2) is 41.9 Å². The molecule has 1 saturated heterocycles. The first kappa shape index (κ1) is 8.93. The van der Waals surface area contributed by atoms with Gasteiger partial charge >= 0.3 is 0 Å². The number of methoxy groups -OCH3 is 1. The van der Waals surface area contributed by atoms with Gasteiger partial charge in [0.25, 0.3) is 0 Å². The van der Waals surface area contributed by atoms with Gasteiger partial charge in [-0.05, 0) is 6.92 Å². The summed E-state index contributed by atoms with van der Waals surface area (Å²) in [5.41, 5.74) is 0. The normalized spacial score (nSPS) is 40.9. The molecule has 1 aliphatic heterocycles. The van der Waals surface area contributed by atoms with Gasteiger partial charge in [-0.2, -0.15) is 0 Å². The maximum atomic E-state index is 9.16. The monoisotopic (exact) mass is 162 g/mol. The van der Waals surface area contributed by atoms with Gasteiger partial charge in [0.1, 0.15) is 6.10 Å². The van der Waals surface area contributed by atoms with Gasteiger partial charge in [-0.1, -0.05) is 0 Å². The Hall–Kier alpha value is -0.160. The Morgan fingerprint density at radius 2 is 2.27 bits per heavy atom. The molecule has 0 amide bonds. The highest BCUT2D eigenvalue weighted by Crippen LogP contribution is 2.23. The zero-order valence-electron chi connectivity index (χ0n) is 6.73. The molecule has 2 N–H and O–H groups in total. The molecule has 0 aliphatic carbocycles. The molecule has 0 aromatic rings. The first-order valence-electron chi connectivity index (χ1n) is 3.69. The second-order valence-electron chi connectivity index (χ2n) is 2.81. The van der Waals surface area contributed by atoms with Gasteiger partial charge in [-0.25, -0.2) is 0 Å². The minimum atomic E-state index is -0.792. The van der Waals surface area contributed by atoms with Crippen LogP contribution in [0.3, 0.4) is 0 Å². The third-order valence-corrected chi connectivity index (χ3v) is 1.89. The lowest BCUT2D eigenvalue weighted by Gasteiger charge is -2.18. The molecule has 4 atom stereocenters. The largest absolute Gasteiger partial charge is 0.391 e. The van der Waals surface area contributed by atoms with E-state index in [1.807, 2.05) is 0 Å². The van der Waals surface area contributed by atoms with E-state index in [-0.39, 0.29) is 6.10 Å². The summed E-state index contributed by atoms with van der Waals surface area (Å²) in [5.74, 6) is 0. The molecule has 0 saturated carbocycles. The first-order valence-corrected chi connectivity index (χ1v) is 3.69. The van der Waals surface area contributed by atoms with Crippen molar-refractivity contribution < 1.29 is 19.7 Å². The van der Waals surface area contributed by atoms with Crippen LogP contribution in [0.1, 0.15) is 13.3 Å². The number of hydrogen-bond donors (Lipinski definition) is 2. The minimum absolute atomic E-state index is 0.190. The fraction of sp³-hybridized carbons (Fsp3) is 1.00. The van der Waals surface area contributed by atoms with Crippen LogP contribution in [0.25, 0.3) is 0 Å². The highest BCUT2D eigenvalue weighted by atomic mass is 16.6. The van der Waals surface area contributed by atoms with Crippen molar-refractivity contribution in [2.75, 3.05) is 7.11 Å². The zero-order valence-corrected chi connectivity index (χ0v) is 6.73. The lowest BCUT2D eigenvalue weighted by atomic mass is 10.1. The standard InChI is InChI=1S/C7H14O4/c1-4(8)7-5(10-2)3-6(9)11-7/h4-9H,3H2,1-2H3/t4-,5+,6+,7-/m0/s1. The Morgan fingerprint density at radius 1 is 1.64 bits per heavy atom. The molecule has 66 valence electrons. The summed E-state index contributed by atoms with van der Waals surface area (Å²) in [4.78, 5) is 0. The summed E-state index contributed by atoms with van der Waals surface area (Å²) in [7, 11) is 1.54. The number of aliphatic hydroxyl groups excluding tert-OH is 2. The Balaban J connectivity index is 2.50. The Kier molecular flexibility index (Phi) is 2.84. The van der Waals surface area contributed by atoms with Gasteiger partial charge in [0.05, 0.1) is 12.2 Å². The molecule has 4 heteroatoms. The number of rotatable bonds is 2. The molecule has 0 aromatic heterocycles. The Morgan fingerprint density at radius 3 is 2.64 bits per heavy atom. The fourth-order valence-corrected chi connectivity index (χ4v) is 1.31. The average Bonchev–Trinajstić information content (AvgIpc) is 2.30. The summed E-state index contributed by atoms with van der Waals surface area (Å²) >= 11 is 0. The van der Waals surface area contributed by atoms with E-state index in [0.29, 0.717) is 6.42 Å². The van der Waals surface area contributed by atoms with E-state index >= 15 is 0 Å². The predicted molar refractivity (Wildman–Crippen MR) is 38.0 cm³/mol.